The first-order valence-electron chi connectivity index (χ1n) is 11.1. The molecule has 0 saturated heterocycles. The number of esters is 1. The highest BCUT2D eigenvalue weighted by molar-refractivity contribution is 5.95. The van der Waals surface area contributed by atoms with Crippen molar-refractivity contribution in [3.63, 3.8) is 0 Å². The van der Waals surface area contributed by atoms with Crippen LogP contribution in [0.1, 0.15) is 43.2 Å². The number of hydrogen-bond donors (Lipinski definition) is 2. The molecule has 1 aliphatic carbocycles. The van der Waals surface area contributed by atoms with Gasteiger partial charge in [-0.25, -0.2) is 0 Å². The molecule has 0 unspecified atom stereocenters. The molecule has 0 aliphatic heterocycles. The second-order valence-corrected chi connectivity index (χ2v) is 7.99. The standard InChI is InChI=1S/C26H30N2O4/c29-24(17-16-20-10-4-1-5-11-20)28-23(26(31)27-22-14-8-3-9-15-22)19-32-25(30)18-21-12-6-2-7-13-21/h1-2,4-7,10-13,16-17,22-23H,3,8-9,14-15,18-19H2,(H,27,31)(H,28,29)/b17-16+/t23-/m0/s1. The van der Waals surface area contributed by atoms with E-state index in [1.807, 2.05) is 60.7 Å². The SMILES string of the molecule is O=C(/C=C/c1ccccc1)N[C@@H](COC(=O)Cc1ccccc1)C(=O)NC1CCCCC1. The Bertz CT molecular complexity index is 906. The number of carbonyl (C=O) groups excluding carboxylic acids is 3. The summed E-state index contributed by atoms with van der Waals surface area (Å²) in [6.07, 6.45) is 8.34. The summed E-state index contributed by atoms with van der Waals surface area (Å²) in [6, 6.07) is 17.8. The van der Waals surface area contributed by atoms with E-state index in [2.05, 4.69) is 10.6 Å². The van der Waals surface area contributed by atoms with E-state index in [9.17, 15) is 14.4 Å². The van der Waals surface area contributed by atoms with Crippen molar-refractivity contribution in [2.45, 2.75) is 50.6 Å². The molecule has 6 heteroatoms. The fourth-order valence-electron chi connectivity index (χ4n) is 3.68. The van der Waals surface area contributed by atoms with Crippen LogP contribution in [-0.2, 0) is 25.5 Å². The molecular formula is C26H30N2O4. The molecule has 2 amide bonds. The minimum Gasteiger partial charge on any atom is -0.463 e. The zero-order valence-corrected chi connectivity index (χ0v) is 18.2. The van der Waals surface area contributed by atoms with Crippen molar-refractivity contribution in [3.8, 4) is 0 Å². The zero-order chi connectivity index (χ0) is 22.6. The first kappa shape index (κ1) is 23.3. The van der Waals surface area contributed by atoms with Crippen molar-refractivity contribution in [2.24, 2.45) is 0 Å². The number of rotatable bonds is 9. The Morgan fingerprint density at radius 2 is 1.59 bits per heavy atom. The van der Waals surface area contributed by atoms with Crippen molar-refractivity contribution in [3.05, 3.63) is 77.9 Å². The summed E-state index contributed by atoms with van der Waals surface area (Å²) < 4.78 is 5.34. The third kappa shape index (κ3) is 8.02. The van der Waals surface area contributed by atoms with E-state index in [1.54, 1.807) is 6.08 Å². The molecule has 0 spiro atoms. The fraction of sp³-hybridized carbons (Fsp3) is 0.346. The Morgan fingerprint density at radius 3 is 2.28 bits per heavy atom. The molecule has 0 heterocycles. The minimum atomic E-state index is -0.954. The highest BCUT2D eigenvalue weighted by Gasteiger charge is 2.25. The molecule has 0 bridgehead atoms. The van der Waals surface area contributed by atoms with E-state index in [-0.39, 0.29) is 25.0 Å². The Balaban J connectivity index is 1.58. The first-order valence-corrected chi connectivity index (χ1v) is 11.1. The average Bonchev–Trinajstić information content (AvgIpc) is 2.82. The van der Waals surface area contributed by atoms with Crippen LogP contribution < -0.4 is 10.6 Å². The monoisotopic (exact) mass is 434 g/mol. The molecule has 1 aliphatic rings. The van der Waals surface area contributed by atoms with Gasteiger partial charge in [-0.15, -0.1) is 0 Å². The van der Waals surface area contributed by atoms with Gasteiger partial charge in [0.15, 0.2) is 0 Å². The van der Waals surface area contributed by atoms with Crippen LogP contribution in [0.15, 0.2) is 66.7 Å². The highest BCUT2D eigenvalue weighted by Crippen LogP contribution is 2.17. The zero-order valence-electron chi connectivity index (χ0n) is 18.2. The van der Waals surface area contributed by atoms with Gasteiger partial charge in [0.25, 0.3) is 0 Å². The number of amides is 2. The first-order chi connectivity index (χ1) is 15.6. The average molecular weight is 435 g/mol. The lowest BCUT2D eigenvalue weighted by Crippen LogP contribution is -2.52. The van der Waals surface area contributed by atoms with Gasteiger partial charge in [-0.1, -0.05) is 79.9 Å². The molecule has 1 saturated carbocycles. The third-order valence-electron chi connectivity index (χ3n) is 5.41. The van der Waals surface area contributed by atoms with Gasteiger partial charge in [-0.3, -0.25) is 14.4 Å². The van der Waals surface area contributed by atoms with Gasteiger partial charge in [0.2, 0.25) is 11.8 Å². The maximum atomic E-state index is 12.9. The molecule has 6 nitrogen and oxygen atoms in total. The lowest BCUT2D eigenvalue weighted by Gasteiger charge is -2.25. The van der Waals surface area contributed by atoms with E-state index in [4.69, 9.17) is 4.74 Å². The van der Waals surface area contributed by atoms with Gasteiger partial charge < -0.3 is 15.4 Å². The fourth-order valence-corrected chi connectivity index (χ4v) is 3.68. The van der Waals surface area contributed by atoms with Crippen molar-refractivity contribution in [1.29, 1.82) is 0 Å². The van der Waals surface area contributed by atoms with Crippen molar-refractivity contribution in [2.75, 3.05) is 6.61 Å². The summed E-state index contributed by atoms with van der Waals surface area (Å²) in [7, 11) is 0. The van der Waals surface area contributed by atoms with Crippen molar-refractivity contribution < 1.29 is 19.1 Å². The summed E-state index contributed by atoms with van der Waals surface area (Å²) in [5.41, 5.74) is 1.70. The maximum absolute atomic E-state index is 12.9. The van der Waals surface area contributed by atoms with Crippen LogP contribution in [0.25, 0.3) is 6.08 Å². The predicted molar refractivity (Wildman–Crippen MR) is 124 cm³/mol. The lowest BCUT2D eigenvalue weighted by molar-refractivity contribution is -0.145. The van der Waals surface area contributed by atoms with E-state index in [0.29, 0.717) is 0 Å². The van der Waals surface area contributed by atoms with Crippen molar-refractivity contribution >= 4 is 23.9 Å². The van der Waals surface area contributed by atoms with Gasteiger partial charge >= 0.3 is 5.97 Å². The van der Waals surface area contributed by atoms with Crippen LogP contribution >= 0.6 is 0 Å². The van der Waals surface area contributed by atoms with Crippen LogP contribution in [0, 0.1) is 0 Å². The normalized spacial score (nSPS) is 15.1. The summed E-state index contributed by atoms with van der Waals surface area (Å²) in [4.78, 5) is 37.5. The van der Waals surface area contributed by atoms with Gasteiger partial charge in [0.05, 0.1) is 6.42 Å². The highest BCUT2D eigenvalue weighted by atomic mass is 16.5. The second-order valence-electron chi connectivity index (χ2n) is 7.99. The minimum absolute atomic E-state index is 0.0931. The summed E-state index contributed by atoms with van der Waals surface area (Å²) in [5, 5.41) is 5.68. The van der Waals surface area contributed by atoms with Gasteiger partial charge in [0.1, 0.15) is 12.6 Å². The quantitative estimate of drug-likeness (QED) is 0.468. The second kappa shape index (κ2) is 12.4. The van der Waals surface area contributed by atoms with Crippen LogP contribution in [0.2, 0.25) is 0 Å². The predicted octanol–water partition coefficient (Wildman–Crippen LogP) is 3.42. The molecular weight excluding hydrogens is 404 g/mol. The number of nitrogens with one attached hydrogen (secondary N) is 2. The van der Waals surface area contributed by atoms with Gasteiger partial charge in [-0.2, -0.15) is 0 Å². The molecule has 1 atom stereocenters. The van der Waals surface area contributed by atoms with E-state index in [1.165, 1.54) is 12.5 Å². The van der Waals surface area contributed by atoms with E-state index >= 15 is 0 Å². The molecule has 1 fully saturated rings. The molecule has 2 N–H and O–H groups in total. The van der Waals surface area contributed by atoms with Crippen molar-refractivity contribution in [1.82, 2.24) is 10.6 Å². The Kier molecular flexibility index (Phi) is 9.05. The maximum Gasteiger partial charge on any atom is 0.310 e. The largest absolute Gasteiger partial charge is 0.463 e. The van der Waals surface area contributed by atoms with Gasteiger partial charge in [-0.05, 0) is 30.0 Å². The van der Waals surface area contributed by atoms with Crippen LogP contribution in [0.3, 0.4) is 0 Å². The number of benzene rings is 2. The smallest absolute Gasteiger partial charge is 0.310 e. The Morgan fingerprint density at radius 1 is 0.938 bits per heavy atom. The molecule has 168 valence electrons. The summed E-state index contributed by atoms with van der Waals surface area (Å²) in [5.74, 6) is -1.19. The molecule has 2 aromatic carbocycles. The molecule has 32 heavy (non-hydrogen) atoms. The molecule has 3 rings (SSSR count). The summed E-state index contributed by atoms with van der Waals surface area (Å²) >= 11 is 0. The van der Waals surface area contributed by atoms with Crippen LogP contribution in [-0.4, -0.2) is 36.5 Å². The number of hydrogen-bond acceptors (Lipinski definition) is 4. The topological polar surface area (TPSA) is 84.5 Å². The van der Waals surface area contributed by atoms with Gasteiger partial charge in [0, 0.05) is 12.1 Å². The Hall–Kier alpha value is -3.41. The number of carbonyl (C=O) groups is 3. The molecule has 0 radical (unpaired) electrons. The van der Waals surface area contributed by atoms with E-state index < -0.39 is 17.9 Å². The molecule has 0 aromatic heterocycles. The third-order valence-corrected chi connectivity index (χ3v) is 5.41. The number of ether oxygens (including phenoxy) is 1. The lowest BCUT2D eigenvalue weighted by atomic mass is 9.95. The summed E-state index contributed by atoms with van der Waals surface area (Å²) in [6.45, 7) is -0.213. The van der Waals surface area contributed by atoms with Crippen LogP contribution in [0.4, 0.5) is 0 Å². The molecule has 2 aromatic rings. The Labute approximate surface area is 189 Å². The van der Waals surface area contributed by atoms with Crippen LogP contribution in [0.5, 0.6) is 0 Å². The van der Waals surface area contributed by atoms with E-state index in [0.717, 1.165) is 36.8 Å².